The highest BCUT2D eigenvalue weighted by atomic mass is 79.9. The van der Waals surface area contributed by atoms with Gasteiger partial charge in [0.25, 0.3) is 0 Å². The fourth-order valence-electron chi connectivity index (χ4n) is 0.997. The average molecular weight is 343 g/mol. The van der Waals surface area contributed by atoms with E-state index in [2.05, 4.69) is 25.4 Å². The molecular formula is C9H9BrClNO4S. The first kappa shape index (κ1) is 14.4. The quantitative estimate of drug-likeness (QED) is 0.843. The van der Waals surface area contributed by atoms with Crippen LogP contribution in [0.4, 0.5) is 0 Å². The van der Waals surface area contributed by atoms with Gasteiger partial charge in [-0.1, -0.05) is 11.6 Å². The van der Waals surface area contributed by atoms with Crippen LogP contribution in [0.15, 0.2) is 27.6 Å². The van der Waals surface area contributed by atoms with Crippen LogP contribution in [-0.2, 0) is 19.6 Å². The monoisotopic (exact) mass is 341 g/mol. The SMILES string of the molecule is COC(=O)CNS(=O)(=O)c1ccc(Cl)cc1Br. The number of carbonyl (C=O) groups is 1. The fraction of sp³-hybridized carbons (Fsp3) is 0.222. The third kappa shape index (κ3) is 3.95. The second-order valence-electron chi connectivity index (χ2n) is 2.98. The highest BCUT2D eigenvalue weighted by Crippen LogP contribution is 2.25. The number of rotatable bonds is 4. The molecule has 0 unspecified atom stereocenters. The lowest BCUT2D eigenvalue weighted by Crippen LogP contribution is -2.30. The van der Waals surface area contributed by atoms with E-state index in [1.807, 2.05) is 0 Å². The van der Waals surface area contributed by atoms with Crippen molar-refractivity contribution in [1.29, 1.82) is 0 Å². The average Bonchev–Trinajstić information content (AvgIpc) is 2.25. The van der Waals surface area contributed by atoms with Gasteiger partial charge in [0.2, 0.25) is 10.0 Å². The molecule has 8 heteroatoms. The molecule has 0 amide bonds. The third-order valence-electron chi connectivity index (χ3n) is 1.82. The summed E-state index contributed by atoms with van der Waals surface area (Å²) in [5.41, 5.74) is 0. The number of hydrogen-bond donors (Lipinski definition) is 1. The lowest BCUT2D eigenvalue weighted by atomic mass is 10.4. The van der Waals surface area contributed by atoms with Gasteiger partial charge in [-0.15, -0.1) is 0 Å². The van der Waals surface area contributed by atoms with Crippen LogP contribution in [0.1, 0.15) is 0 Å². The molecule has 0 saturated heterocycles. The summed E-state index contributed by atoms with van der Waals surface area (Å²) in [5.74, 6) is -0.668. The number of hydrogen-bond acceptors (Lipinski definition) is 4. The van der Waals surface area contributed by atoms with Crippen molar-refractivity contribution in [2.24, 2.45) is 0 Å². The lowest BCUT2D eigenvalue weighted by Gasteiger charge is -2.07. The number of methoxy groups -OCH3 is 1. The van der Waals surface area contributed by atoms with Crippen LogP contribution in [-0.4, -0.2) is 28.0 Å². The Morgan fingerprint density at radius 2 is 2.18 bits per heavy atom. The van der Waals surface area contributed by atoms with Crippen molar-refractivity contribution in [2.45, 2.75) is 4.90 Å². The van der Waals surface area contributed by atoms with Crippen molar-refractivity contribution in [3.8, 4) is 0 Å². The predicted molar refractivity (Wildman–Crippen MR) is 66.4 cm³/mol. The first-order chi connectivity index (χ1) is 7.86. The van der Waals surface area contributed by atoms with Gasteiger partial charge in [0, 0.05) is 9.50 Å². The molecule has 17 heavy (non-hydrogen) atoms. The second-order valence-corrected chi connectivity index (χ2v) is 6.00. The van der Waals surface area contributed by atoms with E-state index in [-0.39, 0.29) is 4.90 Å². The zero-order valence-corrected chi connectivity index (χ0v) is 11.9. The molecule has 0 atom stereocenters. The number of carbonyl (C=O) groups excluding carboxylic acids is 1. The summed E-state index contributed by atoms with van der Waals surface area (Å²) in [6.07, 6.45) is 0. The van der Waals surface area contributed by atoms with Crippen molar-refractivity contribution in [2.75, 3.05) is 13.7 Å². The van der Waals surface area contributed by atoms with Gasteiger partial charge in [0.15, 0.2) is 0 Å². The number of halogens is 2. The van der Waals surface area contributed by atoms with E-state index < -0.39 is 22.5 Å². The molecule has 0 aromatic heterocycles. The highest BCUT2D eigenvalue weighted by molar-refractivity contribution is 9.10. The Morgan fingerprint density at radius 3 is 2.71 bits per heavy atom. The van der Waals surface area contributed by atoms with Gasteiger partial charge in [0.1, 0.15) is 6.54 Å². The fourth-order valence-corrected chi connectivity index (χ4v) is 3.35. The molecule has 0 radical (unpaired) electrons. The first-order valence-electron chi connectivity index (χ1n) is 4.38. The van der Waals surface area contributed by atoms with Crippen molar-refractivity contribution in [3.05, 3.63) is 27.7 Å². The van der Waals surface area contributed by atoms with Crippen LogP contribution in [0.2, 0.25) is 5.02 Å². The van der Waals surface area contributed by atoms with Gasteiger partial charge >= 0.3 is 5.97 Å². The summed E-state index contributed by atoms with van der Waals surface area (Å²) in [6, 6.07) is 4.24. The smallest absolute Gasteiger partial charge is 0.320 e. The third-order valence-corrected chi connectivity index (χ3v) is 4.43. The van der Waals surface area contributed by atoms with Crippen LogP contribution >= 0.6 is 27.5 Å². The Hall–Kier alpha value is -0.630. The Labute approximate surface area is 112 Å². The summed E-state index contributed by atoms with van der Waals surface area (Å²) in [4.78, 5) is 10.9. The molecule has 0 aliphatic heterocycles. The van der Waals surface area contributed by atoms with Crippen molar-refractivity contribution in [1.82, 2.24) is 4.72 Å². The second kappa shape index (κ2) is 5.81. The molecule has 0 bridgehead atoms. The first-order valence-corrected chi connectivity index (χ1v) is 7.04. The number of sulfonamides is 1. The van der Waals surface area contributed by atoms with Gasteiger partial charge in [-0.25, -0.2) is 8.42 Å². The summed E-state index contributed by atoms with van der Waals surface area (Å²) in [6.45, 7) is -0.423. The maximum Gasteiger partial charge on any atom is 0.320 e. The molecule has 0 aliphatic rings. The van der Waals surface area contributed by atoms with Crippen molar-refractivity contribution < 1.29 is 17.9 Å². The minimum atomic E-state index is -3.77. The molecule has 0 spiro atoms. The number of ether oxygens (including phenoxy) is 1. The minimum absolute atomic E-state index is 0.00537. The van der Waals surface area contributed by atoms with Gasteiger partial charge in [-0.3, -0.25) is 4.79 Å². The van der Waals surface area contributed by atoms with E-state index in [9.17, 15) is 13.2 Å². The Balaban J connectivity index is 2.94. The molecule has 1 aromatic rings. The van der Waals surface area contributed by atoms with Crippen LogP contribution in [0, 0.1) is 0 Å². The molecule has 0 fully saturated rings. The molecule has 1 rings (SSSR count). The number of benzene rings is 1. The van der Waals surface area contributed by atoms with Gasteiger partial charge < -0.3 is 4.74 Å². The van der Waals surface area contributed by atoms with Crippen LogP contribution < -0.4 is 4.72 Å². The van der Waals surface area contributed by atoms with E-state index in [0.717, 1.165) is 0 Å². The normalized spacial score (nSPS) is 11.2. The van der Waals surface area contributed by atoms with Crippen molar-refractivity contribution >= 4 is 43.5 Å². The highest BCUT2D eigenvalue weighted by Gasteiger charge is 2.18. The van der Waals surface area contributed by atoms with Crippen molar-refractivity contribution in [3.63, 3.8) is 0 Å². The topological polar surface area (TPSA) is 72.5 Å². The van der Waals surface area contributed by atoms with Crippen LogP contribution in [0.25, 0.3) is 0 Å². The molecule has 1 aromatic carbocycles. The van der Waals surface area contributed by atoms with Crippen LogP contribution in [0.5, 0.6) is 0 Å². The summed E-state index contributed by atoms with van der Waals surface area (Å²) < 4.78 is 30.4. The van der Waals surface area contributed by atoms with Gasteiger partial charge in [-0.05, 0) is 34.1 Å². The maximum atomic E-state index is 11.8. The Bertz CT molecular complexity index is 532. The van der Waals surface area contributed by atoms with E-state index in [1.54, 1.807) is 0 Å². The minimum Gasteiger partial charge on any atom is -0.468 e. The Kier molecular flexibility index (Phi) is 4.93. The standard InChI is InChI=1S/C9H9BrClNO4S/c1-16-9(13)5-12-17(14,15)8-3-2-6(11)4-7(8)10/h2-4,12H,5H2,1H3. The predicted octanol–water partition coefficient (Wildman–Crippen LogP) is 1.55. The summed E-state index contributed by atoms with van der Waals surface area (Å²) in [7, 11) is -2.59. The zero-order valence-electron chi connectivity index (χ0n) is 8.74. The largest absolute Gasteiger partial charge is 0.468 e. The maximum absolute atomic E-state index is 11.8. The number of nitrogens with one attached hydrogen (secondary N) is 1. The zero-order chi connectivity index (χ0) is 13.1. The number of esters is 1. The Morgan fingerprint density at radius 1 is 1.53 bits per heavy atom. The lowest BCUT2D eigenvalue weighted by molar-refractivity contribution is -0.139. The van der Waals surface area contributed by atoms with Gasteiger partial charge in [0.05, 0.1) is 12.0 Å². The molecule has 0 saturated carbocycles. The van der Waals surface area contributed by atoms with E-state index >= 15 is 0 Å². The molecule has 0 heterocycles. The van der Waals surface area contributed by atoms with E-state index in [4.69, 9.17) is 11.6 Å². The van der Waals surface area contributed by atoms with E-state index in [0.29, 0.717) is 9.50 Å². The molecule has 1 N–H and O–H groups in total. The van der Waals surface area contributed by atoms with Gasteiger partial charge in [-0.2, -0.15) is 4.72 Å². The van der Waals surface area contributed by atoms with E-state index in [1.165, 1.54) is 25.3 Å². The molecular weight excluding hydrogens is 334 g/mol. The molecule has 5 nitrogen and oxygen atoms in total. The molecule has 94 valence electrons. The summed E-state index contributed by atoms with van der Waals surface area (Å²) in [5, 5.41) is 0.406. The summed E-state index contributed by atoms with van der Waals surface area (Å²) >= 11 is 8.78. The molecule has 0 aliphatic carbocycles. The van der Waals surface area contributed by atoms with Crippen LogP contribution in [0.3, 0.4) is 0 Å².